The molecule has 1 aromatic heterocycles. The summed E-state index contributed by atoms with van der Waals surface area (Å²) in [6.07, 6.45) is 4.95. The van der Waals surface area contributed by atoms with Crippen LogP contribution in [0.15, 0.2) is 11.1 Å². The summed E-state index contributed by atoms with van der Waals surface area (Å²) in [5.74, 6) is 0.731. The average molecular weight is 254 g/mol. The number of rotatable bonds is 4. The third-order valence-electron chi connectivity index (χ3n) is 3.31. The van der Waals surface area contributed by atoms with E-state index in [0.29, 0.717) is 5.92 Å². The maximum atomic E-state index is 11.5. The van der Waals surface area contributed by atoms with Gasteiger partial charge in [0.25, 0.3) is 11.4 Å². The van der Waals surface area contributed by atoms with E-state index in [-0.39, 0.29) is 29.9 Å². The molecule has 0 spiro atoms. The van der Waals surface area contributed by atoms with Crippen molar-refractivity contribution in [3.8, 4) is 11.6 Å². The highest BCUT2D eigenvalue weighted by molar-refractivity contribution is 5.29. The molecule has 1 aliphatic rings. The molecule has 2 rings (SSSR count). The fraction of sp³-hybridized carbons (Fsp3) is 0.667. The van der Waals surface area contributed by atoms with Crippen LogP contribution in [0.25, 0.3) is 0 Å². The lowest BCUT2D eigenvalue weighted by Crippen LogP contribution is -2.26. The van der Waals surface area contributed by atoms with Gasteiger partial charge in [-0.2, -0.15) is 0 Å². The van der Waals surface area contributed by atoms with Crippen molar-refractivity contribution in [2.45, 2.75) is 31.8 Å². The van der Waals surface area contributed by atoms with E-state index < -0.39 is 0 Å². The number of aromatic nitrogens is 2. The molecule has 2 N–H and O–H groups in total. The fourth-order valence-corrected chi connectivity index (χ4v) is 2.22. The number of aliphatic hydroxyl groups is 1. The van der Waals surface area contributed by atoms with Gasteiger partial charge in [0.1, 0.15) is 6.10 Å². The summed E-state index contributed by atoms with van der Waals surface area (Å²) in [5, 5.41) is 9.07. The quantitative estimate of drug-likeness (QED) is 0.826. The lowest BCUT2D eigenvalue weighted by molar-refractivity contribution is 0.0974. The van der Waals surface area contributed by atoms with Gasteiger partial charge in [-0.25, -0.2) is 4.98 Å². The van der Waals surface area contributed by atoms with Gasteiger partial charge in [0, 0.05) is 6.61 Å². The second-order valence-electron chi connectivity index (χ2n) is 4.51. The number of aliphatic hydroxyl groups excluding tert-OH is 1. The van der Waals surface area contributed by atoms with Crippen LogP contribution in [-0.2, 0) is 0 Å². The van der Waals surface area contributed by atoms with E-state index in [1.54, 1.807) is 0 Å². The molecule has 0 aromatic carbocycles. The minimum atomic E-state index is -0.341. The van der Waals surface area contributed by atoms with Gasteiger partial charge in [0.2, 0.25) is 5.75 Å². The maximum absolute atomic E-state index is 11.5. The van der Waals surface area contributed by atoms with Crippen molar-refractivity contribution >= 4 is 0 Å². The highest BCUT2D eigenvalue weighted by Gasteiger charge is 2.23. The monoisotopic (exact) mass is 254 g/mol. The first-order valence-electron chi connectivity index (χ1n) is 6.13. The van der Waals surface area contributed by atoms with Crippen molar-refractivity contribution in [2.24, 2.45) is 5.92 Å². The molecule has 0 atom stereocenters. The van der Waals surface area contributed by atoms with E-state index in [1.807, 2.05) is 0 Å². The molecule has 1 aromatic rings. The summed E-state index contributed by atoms with van der Waals surface area (Å²) < 4.78 is 10.7. The molecule has 6 nitrogen and oxygen atoms in total. The van der Waals surface area contributed by atoms with Gasteiger partial charge < -0.3 is 19.6 Å². The molecule has 1 heterocycles. The van der Waals surface area contributed by atoms with E-state index in [9.17, 15) is 4.79 Å². The van der Waals surface area contributed by atoms with Crippen LogP contribution in [0.4, 0.5) is 0 Å². The van der Waals surface area contributed by atoms with Crippen LogP contribution in [0.3, 0.4) is 0 Å². The molecule has 0 unspecified atom stereocenters. The van der Waals surface area contributed by atoms with E-state index in [2.05, 4.69) is 9.97 Å². The van der Waals surface area contributed by atoms with Gasteiger partial charge in [-0.1, -0.05) is 0 Å². The van der Waals surface area contributed by atoms with E-state index in [4.69, 9.17) is 14.6 Å². The van der Waals surface area contributed by atoms with Crippen LogP contribution in [0.1, 0.15) is 25.7 Å². The molecule has 0 aliphatic heterocycles. The Labute approximate surface area is 105 Å². The lowest BCUT2D eigenvalue weighted by Gasteiger charge is -2.27. The van der Waals surface area contributed by atoms with Gasteiger partial charge in [0.05, 0.1) is 13.4 Å². The van der Waals surface area contributed by atoms with E-state index in [1.165, 1.54) is 13.4 Å². The summed E-state index contributed by atoms with van der Waals surface area (Å²) in [4.78, 5) is 17.9. The van der Waals surface area contributed by atoms with Gasteiger partial charge >= 0.3 is 0 Å². The van der Waals surface area contributed by atoms with Crippen LogP contribution < -0.4 is 15.0 Å². The molecule has 1 fully saturated rings. The Kier molecular flexibility index (Phi) is 4.19. The lowest BCUT2D eigenvalue weighted by atomic mass is 9.88. The Morgan fingerprint density at radius 1 is 1.44 bits per heavy atom. The van der Waals surface area contributed by atoms with Gasteiger partial charge in [0.15, 0.2) is 0 Å². The molecule has 0 radical (unpaired) electrons. The zero-order valence-electron chi connectivity index (χ0n) is 10.4. The predicted molar refractivity (Wildman–Crippen MR) is 64.9 cm³/mol. The number of aromatic amines is 1. The largest absolute Gasteiger partial charge is 0.487 e. The normalized spacial score (nSPS) is 23.7. The molecular weight excluding hydrogens is 236 g/mol. The Morgan fingerprint density at radius 3 is 2.78 bits per heavy atom. The summed E-state index contributed by atoms with van der Waals surface area (Å²) in [7, 11) is 1.42. The zero-order chi connectivity index (χ0) is 13.0. The van der Waals surface area contributed by atoms with Crippen molar-refractivity contribution in [1.29, 1.82) is 0 Å². The molecular formula is C12H18N2O4. The van der Waals surface area contributed by atoms with Crippen molar-refractivity contribution in [3.63, 3.8) is 0 Å². The van der Waals surface area contributed by atoms with Crippen LogP contribution in [0.5, 0.6) is 11.6 Å². The number of hydrogen-bond donors (Lipinski definition) is 2. The second kappa shape index (κ2) is 5.86. The van der Waals surface area contributed by atoms with E-state index in [0.717, 1.165) is 25.7 Å². The number of H-pyrrole nitrogens is 1. The Bertz CT molecular complexity index is 438. The Hall–Kier alpha value is -1.56. The number of nitrogens with zero attached hydrogens (tertiary/aromatic N) is 1. The van der Waals surface area contributed by atoms with Crippen molar-refractivity contribution in [2.75, 3.05) is 13.7 Å². The Balaban J connectivity index is 2.02. The molecule has 1 aliphatic carbocycles. The first-order valence-corrected chi connectivity index (χ1v) is 6.13. The summed E-state index contributed by atoms with van der Waals surface area (Å²) in [6, 6.07) is 0. The maximum Gasteiger partial charge on any atom is 0.297 e. The van der Waals surface area contributed by atoms with Crippen LogP contribution in [-0.4, -0.2) is 34.9 Å². The molecule has 100 valence electrons. The van der Waals surface area contributed by atoms with Gasteiger partial charge in [-0.15, -0.1) is 0 Å². The number of ether oxygens (including phenoxy) is 2. The smallest absolute Gasteiger partial charge is 0.297 e. The van der Waals surface area contributed by atoms with Gasteiger partial charge in [-0.05, 0) is 31.6 Å². The molecule has 0 saturated heterocycles. The molecule has 1 saturated carbocycles. The topological polar surface area (TPSA) is 84.4 Å². The van der Waals surface area contributed by atoms with Crippen molar-refractivity contribution in [3.05, 3.63) is 16.7 Å². The minimum Gasteiger partial charge on any atom is -0.487 e. The first kappa shape index (κ1) is 12.9. The van der Waals surface area contributed by atoms with Crippen LogP contribution in [0.2, 0.25) is 0 Å². The standard InChI is InChI=1S/C12H18N2O4/c1-17-10-11(16)13-7-14-12(10)18-9-4-2-8(6-15)3-5-9/h7-9,15H,2-6H2,1H3,(H,13,14,16). The van der Waals surface area contributed by atoms with Crippen molar-refractivity contribution < 1.29 is 14.6 Å². The summed E-state index contributed by atoms with van der Waals surface area (Å²) in [6.45, 7) is 0.235. The number of hydrogen-bond acceptors (Lipinski definition) is 5. The number of methoxy groups -OCH3 is 1. The molecule has 0 bridgehead atoms. The highest BCUT2D eigenvalue weighted by atomic mass is 16.5. The number of nitrogens with one attached hydrogen (secondary N) is 1. The predicted octanol–water partition coefficient (Wildman–Crippen LogP) is 0.708. The fourth-order valence-electron chi connectivity index (χ4n) is 2.22. The third-order valence-corrected chi connectivity index (χ3v) is 3.31. The average Bonchev–Trinajstić information content (AvgIpc) is 2.40. The SMILES string of the molecule is COc1c(OC2CCC(CO)CC2)nc[nH]c1=O. The zero-order valence-corrected chi connectivity index (χ0v) is 10.4. The van der Waals surface area contributed by atoms with Crippen molar-refractivity contribution in [1.82, 2.24) is 9.97 Å². The van der Waals surface area contributed by atoms with Crippen LogP contribution in [0, 0.1) is 5.92 Å². The minimum absolute atomic E-state index is 0.0380. The summed E-state index contributed by atoms with van der Waals surface area (Å²) >= 11 is 0. The molecule has 18 heavy (non-hydrogen) atoms. The summed E-state index contributed by atoms with van der Waals surface area (Å²) in [5.41, 5.74) is -0.341. The third kappa shape index (κ3) is 2.81. The highest BCUT2D eigenvalue weighted by Crippen LogP contribution is 2.28. The van der Waals surface area contributed by atoms with E-state index >= 15 is 0 Å². The van der Waals surface area contributed by atoms with Crippen LogP contribution >= 0.6 is 0 Å². The first-order chi connectivity index (χ1) is 8.74. The second-order valence-corrected chi connectivity index (χ2v) is 4.51. The Morgan fingerprint density at radius 2 is 2.17 bits per heavy atom. The molecule has 6 heteroatoms. The molecule has 0 amide bonds. The van der Waals surface area contributed by atoms with Gasteiger partial charge in [-0.3, -0.25) is 4.79 Å².